The molecule has 1 aliphatic rings. The minimum atomic E-state index is -1.19. The van der Waals surface area contributed by atoms with E-state index in [0.29, 0.717) is 13.1 Å². The number of hydrogen-bond donors (Lipinski definition) is 0. The highest BCUT2D eigenvalue weighted by Gasteiger charge is 2.17. The average Bonchev–Trinajstić information content (AvgIpc) is 2.50. The second-order valence-corrected chi connectivity index (χ2v) is 3.76. The molecule has 6 nitrogen and oxygen atoms in total. The highest BCUT2D eigenvalue weighted by atomic mass is 16.5. The number of esters is 2. The summed E-state index contributed by atoms with van der Waals surface area (Å²) in [6, 6.07) is -1.83. The van der Waals surface area contributed by atoms with Gasteiger partial charge in [0.1, 0.15) is 0 Å². The fourth-order valence-electron chi connectivity index (χ4n) is 1.55. The molecular formula is C12H17NO5. The van der Waals surface area contributed by atoms with Crippen molar-refractivity contribution >= 4 is 17.8 Å². The molecule has 0 saturated carbocycles. The number of amides is 1. The molecule has 0 N–H and O–H groups in total. The topological polar surface area (TPSA) is 72.9 Å². The number of piperidine rings is 1. The predicted molar refractivity (Wildman–Crippen MR) is 62.5 cm³/mol. The van der Waals surface area contributed by atoms with E-state index in [1.165, 1.54) is 0 Å². The molecule has 1 heterocycles. The molecule has 0 aliphatic carbocycles. The average molecular weight is 257 g/mol. The molecule has 0 spiro atoms. The third-order valence-electron chi connectivity index (χ3n) is 2.49. The van der Waals surface area contributed by atoms with Crippen molar-refractivity contribution < 1.29 is 26.6 Å². The molecule has 0 unspecified atom stereocenters. The molecule has 18 heavy (non-hydrogen) atoms. The molecule has 1 amide bonds. The third-order valence-corrected chi connectivity index (χ3v) is 2.49. The summed E-state index contributed by atoms with van der Waals surface area (Å²) in [5.41, 5.74) is 0. The summed E-state index contributed by atoms with van der Waals surface area (Å²) in [4.78, 5) is 35.7. The van der Waals surface area contributed by atoms with E-state index in [4.69, 9.17) is 2.74 Å². The van der Waals surface area contributed by atoms with Gasteiger partial charge in [-0.1, -0.05) is 0 Å². The van der Waals surface area contributed by atoms with Crippen LogP contribution in [0.5, 0.6) is 0 Å². The molecule has 1 rings (SSSR count). The monoisotopic (exact) mass is 257 g/mol. The van der Waals surface area contributed by atoms with Gasteiger partial charge < -0.3 is 14.4 Å². The first-order valence-electron chi connectivity index (χ1n) is 6.68. The van der Waals surface area contributed by atoms with Crippen molar-refractivity contribution in [2.24, 2.45) is 0 Å². The Balaban J connectivity index is 2.50. The Morgan fingerprint density at radius 3 is 2.39 bits per heavy atom. The van der Waals surface area contributed by atoms with Gasteiger partial charge in [0.2, 0.25) is 0 Å². The molecule has 1 fully saturated rings. The zero-order chi connectivity index (χ0) is 15.1. The molecule has 0 aromatic carbocycles. The number of carbonyl (C=O) groups is 3. The van der Waals surface area contributed by atoms with Gasteiger partial charge in [-0.15, -0.1) is 0 Å². The molecule has 0 bridgehead atoms. The quantitative estimate of drug-likeness (QED) is 0.534. The maximum absolute atomic E-state index is 11.7. The highest BCUT2D eigenvalue weighted by molar-refractivity contribution is 5.92. The van der Waals surface area contributed by atoms with Gasteiger partial charge in [0.25, 0.3) is 5.91 Å². The molecule has 0 aromatic rings. The molecule has 6 heteroatoms. The van der Waals surface area contributed by atoms with Crippen LogP contribution in [-0.2, 0) is 23.9 Å². The highest BCUT2D eigenvalue weighted by Crippen LogP contribution is 2.08. The van der Waals surface area contributed by atoms with E-state index < -0.39 is 30.6 Å². The lowest BCUT2D eigenvalue weighted by Gasteiger charge is -2.26. The van der Waals surface area contributed by atoms with Gasteiger partial charge in [0, 0.05) is 25.2 Å². The summed E-state index contributed by atoms with van der Waals surface area (Å²) in [7, 11) is 1.04. The van der Waals surface area contributed by atoms with Gasteiger partial charge in [-0.25, -0.2) is 9.59 Å². The van der Waals surface area contributed by atoms with Gasteiger partial charge in [-0.3, -0.25) is 4.79 Å². The van der Waals surface area contributed by atoms with E-state index in [1.807, 2.05) is 0 Å². The fourth-order valence-corrected chi connectivity index (χ4v) is 1.55. The van der Waals surface area contributed by atoms with Gasteiger partial charge >= 0.3 is 11.9 Å². The Morgan fingerprint density at radius 2 is 1.78 bits per heavy atom. The molecule has 0 atom stereocenters. The lowest BCUT2D eigenvalue weighted by atomic mass is 10.1. The van der Waals surface area contributed by atoms with Gasteiger partial charge in [-0.2, -0.15) is 0 Å². The number of likely N-dealkylation sites (tertiary alicyclic amines) is 1. The summed E-state index contributed by atoms with van der Waals surface area (Å²) in [5.74, 6) is -2.63. The van der Waals surface area contributed by atoms with E-state index in [0.717, 1.165) is 26.4 Å². The summed E-state index contributed by atoms with van der Waals surface area (Å²) in [6.45, 7) is 0.771. The molecule has 0 radical (unpaired) electrons. The normalized spacial score (nSPS) is 18.2. The van der Waals surface area contributed by atoms with Crippen LogP contribution < -0.4 is 0 Å². The van der Waals surface area contributed by atoms with Crippen LogP contribution in [0.1, 0.15) is 22.0 Å². The van der Waals surface area contributed by atoms with Crippen molar-refractivity contribution in [3.05, 3.63) is 12.1 Å². The van der Waals surface area contributed by atoms with Gasteiger partial charge in [0.15, 0.2) is 6.61 Å². The van der Waals surface area contributed by atoms with E-state index in [1.54, 1.807) is 4.90 Å². The summed E-state index contributed by atoms with van der Waals surface area (Å²) in [5, 5.41) is 0. The maximum atomic E-state index is 11.7. The van der Waals surface area contributed by atoms with Crippen molar-refractivity contribution in [1.29, 1.82) is 0 Å². The van der Waals surface area contributed by atoms with Crippen molar-refractivity contribution in [2.75, 3.05) is 26.8 Å². The first-order chi connectivity index (χ1) is 9.47. The van der Waals surface area contributed by atoms with Crippen molar-refractivity contribution in [1.82, 2.24) is 4.90 Å². The van der Waals surface area contributed by atoms with Crippen LogP contribution in [0.3, 0.4) is 0 Å². The molecular weight excluding hydrogens is 238 g/mol. The smallest absolute Gasteiger partial charge is 0.331 e. The Kier molecular flexibility index (Phi) is 4.67. The van der Waals surface area contributed by atoms with Crippen molar-refractivity contribution in [3.8, 4) is 0 Å². The van der Waals surface area contributed by atoms with E-state index in [9.17, 15) is 14.4 Å². The summed E-state index contributed by atoms with van der Waals surface area (Å²) < 4.78 is 23.4. The molecule has 0 aromatic heterocycles. The number of ether oxygens (including phenoxy) is 2. The van der Waals surface area contributed by atoms with E-state index >= 15 is 0 Å². The van der Waals surface area contributed by atoms with E-state index in [2.05, 4.69) is 9.47 Å². The fraction of sp³-hybridized carbons (Fsp3) is 0.583. The van der Waals surface area contributed by atoms with Crippen LogP contribution in [-0.4, -0.2) is 49.6 Å². The Morgan fingerprint density at radius 1 is 1.17 bits per heavy atom. The van der Waals surface area contributed by atoms with Crippen LogP contribution >= 0.6 is 0 Å². The summed E-state index contributed by atoms with van der Waals surface area (Å²) in [6.07, 6.45) is 2.91. The number of nitrogens with zero attached hydrogens (tertiary/aromatic N) is 1. The molecule has 1 aliphatic heterocycles. The second-order valence-electron chi connectivity index (χ2n) is 3.76. The summed E-state index contributed by atoms with van der Waals surface area (Å²) >= 11 is 0. The molecule has 100 valence electrons. The van der Waals surface area contributed by atoms with Gasteiger partial charge in [-0.05, 0) is 19.3 Å². The first kappa shape index (κ1) is 11.3. The lowest BCUT2D eigenvalue weighted by Crippen LogP contribution is -2.38. The Hall–Kier alpha value is -1.85. The largest absolute Gasteiger partial charge is 0.466 e. The first-order valence-corrected chi connectivity index (χ1v) is 5.68. The standard InChI is InChI=1S/C12H17NO5/c1-17-11(15)5-6-12(16)18-9-10(14)13-7-3-2-4-8-13/h5-6H,2-4,7-9H2,1H3/b6-5+/i5D,6D. The van der Waals surface area contributed by atoms with Crippen LogP contribution in [0.25, 0.3) is 0 Å². The zero-order valence-electron chi connectivity index (χ0n) is 12.2. The van der Waals surface area contributed by atoms with Crippen LogP contribution in [0.2, 0.25) is 0 Å². The Bertz CT molecular complexity index is 430. The maximum Gasteiger partial charge on any atom is 0.331 e. The second kappa shape index (κ2) is 7.47. The number of methoxy groups -OCH3 is 1. The third kappa shape index (κ3) is 4.99. The number of rotatable bonds is 4. The van der Waals surface area contributed by atoms with Crippen LogP contribution in [0.15, 0.2) is 12.1 Å². The predicted octanol–water partition coefficient (Wildman–Crippen LogP) is 0.271. The van der Waals surface area contributed by atoms with Gasteiger partial charge in [0.05, 0.1) is 9.85 Å². The zero-order valence-corrected chi connectivity index (χ0v) is 10.2. The minimum absolute atomic E-state index is 0.338. The van der Waals surface area contributed by atoms with Crippen molar-refractivity contribution in [3.63, 3.8) is 0 Å². The molecule has 1 saturated heterocycles. The minimum Gasteiger partial charge on any atom is -0.466 e. The Labute approximate surface area is 108 Å². The van der Waals surface area contributed by atoms with Crippen LogP contribution in [0.4, 0.5) is 0 Å². The van der Waals surface area contributed by atoms with E-state index in [-0.39, 0.29) is 5.91 Å². The van der Waals surface area contributed by atoms with Crippen LogP contribution in [0, 0.1) is 0 Å². The van der Waals surface area contributed by atoms with Crippen molar-refractivity contribution in [2.45, 2.75) is 19.3 Å². The number of carbonyl (C=O) groups excluding carboxylic acids is 3. The number of hydrogen-bond acceptors (Lipinski definition) is 5. The lowest BCUT2D eigenvalue weighted by molar-refractivity contribution is -0.148. The SMILES string of the molecule is [2H]/C(C(=O)OC)=C(/[2H])C(=O)OCC(=O)N1CCCCC1.